The third kappa shape index (κ3) is 4.23. The van der Waals surface area contributed by atoms with Crippen LogP contribution < -0.4 is 5.32 Å². The summed E-state index contributed by atoms with van der Waals surface area (Å²) in [5.74, 6) is 1.69. The molecule has 3 aromatic heterocycles. The van der Waals surface area contributed by atoms with Crippen LogP contribution in [0, 0.1) is 0 Å². The van der Waals surface area contributed by atoms with Crippen LogP contribution in [-0.2, 0) is 13.0 Å². The van der Waals surface area contributed by atoms with Gasteiger partial charge in [-0.3, -0.25) is 4.98 Å². The van der Waals surface area contributed by atoms with E-state index in [2.05, 4.69) is 55.7 Å². The lowest BCUT2D eigenvalue weighted by molar-refractivity contribution is 0.647. The van der Waals surface area contributed by atoms with Crippen molar-refractivity contribution >= 4 is 28.2 Å². The normalized spacial score (nSPS) is 10.8. The maximum Gasteiger partial charge on any atom is 0.210 e. The molecular formula is C16H19N7S2. The van der Waals surface area contributed by atoms with Crippen LogP contribution in [0.3, 0.4) is 0 Å². The molecule has 0 aliphatic carbocycles. The molecule has 0 amide bonds. The van der Waals surface area contributed by atoms with Gasteiger partial charge < -0.3 is 9.88 Å². The number of hydrogen-bond donors (Lipinski definition) is 1. The first-order valence-electron chi connectivity index (χ1n) is 7.94. The van der Waals surface area contributed by atoms with Gasteiger partial charge in [0.25, 0.3) is 0 Å². The molecule has 0 aromatic carbocycles. The molecule has 0 fully saturated rings. The summed E-state index contributed by atoms with van der Waals surface area (Å²) in [6, 6.07) is 3.85. The van der Waals surface area contributed by atoms with Gasteiger partial charge in [0.15, 0.2) is 10.2 Å². The van der Waals surface area contributed by atoms with E-state index in [-0.39, 0.29) is 0 Å². The molecule has 1 N–H and O–H groups in total. The largest absolute Gasteiger partial charge is 0.334 e. The molecular weight excluding hydrogens is 354 g/mol. The molecule has 0 unspecified atom stereocenters. The minimum Gasteiger partial charge on any atom is -0.334 e. The fourth-order valence-corrected chi connectivity index (χ4v) is 3.87. The number of nitrogens with zero attached hydrogens (tertiary/aromatic N) is 6. The van der Waals surface area contributed by atoms with Crippen LogP contribution in [0.25, 0.3) is 10.6 Å². The van der Waals surface area contributed by atoms with E-state index in [4.69, 9.17) is 0 Å². The summed E-state index contributed by atoms with van der Waals surface area (Å²) < 4.78 is 2.13. The van der Waals surface area contributed by atoms with Crippen LogP contribution in [0.1, 0.15) is 19.7 Å². The van der Waals surface area contributed by atoms with Gasteiger partial charge in [0.2, 0.25) is 5.13 Å². The number of aromatic nitrogens is 6. The number of aryl methyl sites for hydroxylation is 1. The predicted octanol–water partition coefficient (Wildman–Crippen LogP) is 3.49. The summed E-state index contributed by atoms with van der Waals surface area (Å²) in [6.07, 6.45) is 4.39. The van der Waals surface area contributed by atoms with Gasteiger partial charge in [-0.25, -0.2) is 0 Å². The Hall–Kier alpha value is -2.26. The Bertz CT molecular complexity index is 841. The molecule has 130 valence electrons. The van der Waals surface area contributed by atoms with Gasteiger partial charge in [-0.2, -0.15) is 0 Å². The first kappa shape index (κ1) is 17.6. The van der Waals surface area contributed by atoms with Crippen molar-refractivity contribution in [3.05, 3.63) is 42.6 Å². The molecule has 0 aliphatic rings. The van der Waals surface area contributed by atoms with E-state index in [9.17, 15) is 0 Å². The van der Waals surface area contributed by atoms with E-state index in [1.165, 1.54) is 11.3 Å². The van der Waals surface area contributed by atoms with Crippen LogP contribution in [-0.4, -0.2) is 35.7 Å². The Kier molecular flexibility index (Phi) is 5.77. The summed E-state index contributed by atoms with van der Waals surface area (Å²) in [5.41, 5.74) is 1.80. The number of hydrogen-bond acceptors (Lipinski definition) is 8. The van der Waals surface area contributed by atoms with E-state index in [1.807, 2.05) is 12.1 Å². The summed E-state index contributed by atoms with van der Waals surface area (Å²) in [5, 5.41) is 22.5. The summed E-state index contributed by atoms with van der Waals surface area (Å²) in [4.78, 5) is 4.10. The highest BCUT2D eigenvalue weighted by molar-refractivity contribution is 7.99. The topological polar surface area (TPSA) is 81.4 Å². The SMILES string of the molecule is C=C(CSc1nnc(CC)n1CC)Nc1nnc(-c2cccnc2)s1. The molecule has 3 rings (SSSR count). The average molecular weight is 374 g/mol. The molecule has 0 radical (unpaired) electrons. The predicted molar refractivity (Wildman–Crippen MR) is 102 cm³/mol. The zero-order valence-corrected chi connectivity index (χ0v) is 15.8. The smallest absolute Gasteiger partial charge is 0.210 e. The second-order valence-electron chi connectivity index (χ2n) is 5.17. The Morgan fingerprint density at radius 3 is 2.88 bits per heavy atom. The first-order valence-corrected chi connectivity index (χ1v) is 9.75. The second kappa shape index (κ2) is 8.21. The molecule has 0 aliphatic heterocycles. The number of pyridine rings is 1. The van der Waals surface area contributed by atoms with Crippen molar-refractivity contribution in [3.8, 4) is 10.6 Å². The number of anilines is 1. The Morgan fingerprint density at radius 1 is 1.28 bits per heavy atom. The van der Waals surface area contributed by atoms with Crippen LogP contribution in [0.5, 0.6) is 0 Å². The maximum absolute atomic E-state index is 4.26. The highest BCUT2D eigenvalue weighted by atomic mass is 32.2. The van der Waals surface area contributed by atoms with Gasteiger partial charge >= 0.3 is 0 Å². The van der Waals surface area contributed by atoms with Gasteiger partial charge in [0, 0.05) is 42.4 Å². The van der Waals surface area contributed by atoms with Crippen LogP contribution in [0.4, 0.5) is 5.13 Å². The maximum atomic E-state index is 4.26. The van der Waals surface area contributed by atoms with Crippen molar-refractivity contribution in [3.63, 3.8) is 0 Å². The summed E-state index contributed by atoms with van der Waals surface area (Å²) in [7, 11) is 0. The molecule has 0 saturated carbocycles. The van der Waals surface area contributed by atoms with E-state index >= 15 is 0 Å². The van der Waals surface area contributed by atoms with Gasteiger partial charge in [-0.1, -0.05) is 36.6 Å². The summed E-state index contributed by atoms with van der Waals surface area (Å²) in [6.45, 7) is 9.11. The Labute approximate surface area is 154 Å². The van der Waals surface area contributed by atoms with Crippen LogP contribution >= 0.6 is 23.1 Å². The third-order valence-electron chi connectivity index (χ3n) is 3.42. The number of rotatable bonds is 8. The molecule has 7 nitrogen and oxygen atoms in total. The highest BCUT2D eigenvalue weighted by Gasteiger charge is 2.11. The van der Waals surface area contributed by atoms with Gasteiger partial charge in [0.1, 0.15) is 5.82 Å². The molecule has 0 bridgehead atoms. The lowest BCUT2D eigenvalue weighted by atomic mass is 10.3. The molecule has 0 atom stereocenters. The fourth-order valence-electron chi connectivity index (χ4n) is 2.22. The minimum absolute atomic E-state index is 0.684. The first-order chi connectivity index (χ1) is 12.2. The van der Waals surface area contributed by atoms with Gasteiger partial charge in [-0.15, -0.1) is 20.4 Å². The van der Waals surface area contributed by atoms with E-state index in [0.717, 1.165) is 45.3 Å². The van der Waals surface area contributed by atoms with E-state index < -0.39 is 0 Å². The van der Waals surface area contributed by atoms with Crippen molar-refractivity contribution in [2.24, 2.45) is 0 Å². The lowest BCUT2D eigenvalue weighted by Gasteiger charge is -2.07. The Morgan fingerprint density at radius 2 is 2.16 bits per heavy atom. The second-order valence-corrected chi connectivity index (χ2v) is 7.09. The van der Waals surface area contributed by atoms with Crippen molar-refractivity contribution in [1.82, 2.24) is 29.9 Å². The summed E-state index contributed by atoms with van der Waals surface area (Å²) >= 11 is 3.09. The number of thioether (sulfide) groups is 1. The van der Waals surface area contributed by atoms with Gasteiger partial charge in [0.05, 0.1) is 0 Å². The molecule has 25 heavy (non-hydrogen) atoms. The molecule has 3 aromatic rings. The Balaban J connectivity index is 1.58. The zero-order valence-electron chi connectivity index (χ0n) is 14.1. The van der Waals surface area contributed by atoms with Crippen molar-refractivity contribution in [1.29, 1.82) is 0 Å². The van der Waals surface area contributed by atoms with E-state index in [0.29, 0.717) is 5.75 Å². The lowest BCUT2D eigenvalue weighted by Crippen LogP contribution is -2.04. The van der Waals surface area contributed by atoms with Crippen LogP contribution in [0.2, 0.25) is 0 Å². The standard InChI is InChI=1S/C16H19N7S2/c1-4-13-19-22-16(23(13)5-2)24-10-11(3)18-15-21-20-14(25-15)12-7-6-8-17-9-12/h6-9H,3-5,10H2,1-2H3,(H,18,21). The molecule has 0 spiro atoms. The molecule has 3 heterocycles. The monoisotopic (exact) mass is 373 g/mol. The quantitative estimate of drug-likeness (QED) is 0.605. The molecule has 0 saturated heterocycles. The van der Waals surface area contributed by atoms with Crippen molar-refractivity contribution < 1.29 is 0 Å². The average Bonchev–Trinajstić information content (AvgIpc) is 3.26. The van der Waals surface area contributed by atoms with Gasteiger partial charge in [-0.05, 0) is 19.1 Å². The third-order valence-corrected chi connectivity index (χ3v) is 5.36. The molecule has 9 heteroatoms. The van der Waals surface area contributed by atoms with E-state index in [1.54, 1.807) is 24.2 Å². The number of nitrogens with one attached hydrogen (secondary N) is 1. The van der Waals surface area contributed by atoms with Crippen molar-refractivity contribution in [2.75, 3.05) is 11.1 Å². The highest BCUT2D eigenvalue weighted by Crippen LogP contribution is 2.27. The van der Waals surface area contributed by atoms with Crippen molar-refractivity contribution in [2.45, 2.75) is 32.0 Å². The fraction of sp³-hybridized carbons (Fsp3) is 0.312. The minimum atomic E-state index is 0.684. The van der Waals surface area contributed by atoms with Crippen LogP contribution in [0.15, 0.2) is 42.0 Å². The zero-order chi connectivity index (χ0) is 17.6.